The molecule has 0 aliphatic carbocycles. The molecule has 0 saturated carbocycles. The van der Waals surface area contributed by atoms with E-state index in [9.17, 15) is 14.4 Å². The number of rotatable bonds is 7. The van der Waals surface area contributed by atoms with Crippen LogP contribution >= 0.6 is 0 Å². The van der Waals surface area contributed by atoms with Gasteiger partial charge in [0.2, 0.25) is 5.78 Å². The Bertz CT molecular complexity index is 1120. The largest absolute Gasteiger partial charge is 0.497 e. The molecule has 1 saturated heterocycles. The number of piperidine rings is 1. The number of carbonyl (C=O) groups excluding carboxylic acids is 3. The van der Waals surface area contributed by atoms with Crippen molar-refractivity contribution in [3.05, 3.63) is 59.4 Å². The highest BCUT2D eigenvalue weighted by Crippen LogP contribution is 2.35. The van der Waals surface area contributed by atoms with Crippen molar-refractivity contribution in [1.29, 1.82) is 0 Å². The minimum absolute atomic E-state index is 0.136. The summed E-state index contributed by atoms with van der Waals surface area (Å²) in [5, 5.41) is 0. The lowest BCUT2D eigenvalue weighted by atomic mass is 9.97. The van der Waals surface area contributed by atoms with Gasteiger partial charge >= 0.3 is 5.97 Å². The monoisotopic (exact) mass is 465 g/mol. The van der Waals surface area contributed by atoms with Gasteiger partial charge in [-0.25, -0.2) is 0 Å². The van der Waals surface area contributed by atoms with Crippen molar-refractivity contribution in [2.24, 2.45) is 5.92 Å². The first kappa shape index (κ1) is 23.4. The fraction of sp³-hybridized carbons (Fsp3) is 0.346. The van der Waals surface area contributed by atoms with Crippen LogP contribution in [0.15, 0.2) is 48.2 Å². The van der Waals surface area contributed by atoms with Gasteiger partial charge < -0.3 is 23.8 Å². The molecule has 34 heavy (non-hydrogen) atoms. The van der Waals surface area contributed by atoms with Crippen molar-refractivity contribution in [1.82, 2.24) is 4.90 Å². The summed E-state index contributed by atoms with van der Waals surface area (Å²) in [5.41, 5.74) is 1.22. The Morgan fingerprint density at radius 3 is 2.65 bits per heavy atom. The van der Waals surface area contributed by atoms with Crippen molar-refractivity contribution in [3.63, 3.8) is 0 Å². The zero-order valence-electron chi connectivity index (χ0n) is 19.2. The van der Waals surface area contributed by atoms with E-state index in [4.69, 9.17) is 18.9 Å². The lowest BCUT2D eigenvalue weighted by Gasteiger charge is -2.30. The average Bonchev–Trinajstić information content (AvgIpc) is 3.17. The smallest absolute Gasteiger partial charge is 0.309 e. The van der Waals surface area contributed by atoms with Crippen LogP contribution < -0.4 is 14.2 Å². The van der Waals surface area contributed by atoms with Gasteiger partial charge in [0.15, 0.2) is 12.4 Å². The van der Waals surface area contributed by atoms with E-state index in [-0.39, 0.29) is 35.9 Å². The van der Waals surface area contributed by atoms with Gasteiger partial charge in [0.25, 0.3) is 5.91 Å². The molecule has 0 radical (unpaired) electrons. The molecule has 2 heterocycles. The third-order valence-electron chi connectivity index (χ3n) is 5.86. The van der Waals surface area contributed by atoms with Gasteiger partial charge in [-0.15, -0.1) is 0 Å². The molecule has 2 aromatic carbocycles. The predicted octanol–water partition coefficient (Wildman–Crippen LogP) is 3.49. The summed E-state index contributed by atoms with van der Waals surface area (Å²) in [7, 11) is 1.58. The first-order valence-electron chi connectivity index (χ1n) is 11.3. The van der Waals surface area contributed by atoms with Gasteiger partial charge in [0.05, 0.1) is 25.2 Å². The van der Waals surface area contributed by atoms with Crippen LogP contribution in [-0.2, 0) is 14.3 Å². The maximum Gasteiger partial charge on any atom is 0.309 e. The highest BCUT2D eigenvalue weighted by atomic mass is 16.5. The molecule has 1 amide bonds. The lowest BCUT2D eigenvalue weighted by Crippen LogP contribution is -2.42. The average molecular weight is 466 g/mol. The summed E-state index contributed by atoms with van der Waals surface area (Å²) < 4.78 is 21.7. The Kier molecular flexibility index (Phi) is 7.15. The van der Waals surface area contributed by atoms with Crippen LogP contribution in [0.1, 0.15) is 35.7 Å². The molecular formula is C26H27NO7. The molecule has 8 nitrogen and oxygen atoms in total. The first-order valence-corrected chi connectivity index (χ1v) is 11.3. The van der Waals surface area contributed by atoms with Gasteiger partial charge in [-0.3, -0.25) is 14.4 Å². The van der Waals surface area contributed by atoms with Crippen molar-refractivity contribution in [2.75, 3.05) is 33.4 Å². The number of benzene rings is 2. The maximum atomic E-state index is 12.7. The predicted molar refractivity (Wildman–Crippen MR) is 124 cm³/mol. The molecular weight excluding hydrogens is 438 g/mol. The number of esters is 1. The molecule has 0 bridgehead atoms. The van der Waals surface area contributed by atoms with E-state index in [1.807, 2.05) is 24.3 Å². The zero-order chi connectivity index (χ0) is 24.1. The van der Waals surface area contributed by atoms with Crippen LogP contribution in [0, 0.1) is 5.92 Å². The highest BCUT2D eigenvalue weighted by Gasteiger charge is 2.29. The Morgan fingerprint density at radius 1 is 1.12 bits per heavy atom. The van der Waals surface area contributed by atoms with Crippen molar-refractivity contribution < 1.29 is 33.3 Å². The number of carbonyl (C=O) groups is 3. The molecule has 178 valence electrons. The quantitative estimate of drug-likeness (QED) is 0.457. The summed E-state index contributed by atoms with van der Waals surface area (Å²) in [4.78, 5) is 38.8. The summed E-state index contributed by atoms with van der Waals surface area (Å²) in [6.45, 7) is 2.99. The molecule has 2 aromatic rings. The number of hydrogen-bond donors (Lipinski definition) is 0. The van der Waals surface area contributed by atoms with Crippen LogP contribution in [-0.4, -0.2) is 56.0 Å². The normalized spacial score (nSPS) is 16.7. The second-order valence-electron chi connectivity index (χ2n) is 8.07. The standard InChI is InChI=1S/C26H27NO7/c1-3-32-26(30)18-9-11-27(12-10-18)24(28)16-33-20-7-8-21-22(15-20)34-23(25(21)29)14-17-5-4-6-19(13-17)31-2/h4-8,13-15,18H,3,9-12,16H2,1-2H3. The molecule has 0 unspecified atom stereocenters. The molecule has 2 aliphatic heterocycles. The minimum Gasteiger partial charge on any atom is -0.497 e. The summed E-state index contributed by atoms with van der Waals surface area (Å²) in [5.74, 6) is 0.990. The lowest BCUT2D eigenvalue weighted by molar-refractivity contribution is -0.151. The molecule has 0 N–H and O–H groups in total. The molecule has 4 rings (SSSR count). The van der Waals surface area contributed by atoms with Crippen LogP contribution in [0.25, 0.3) is 6.08 Å². The van der Waals surface area contributed by atoms with E-state index >= 15 is 0 Å². The molecule has 2 aliphatic rings. The summed E-state index contributed by atoms with van der Waals surface area (Å²) in [6.07, 6.45) is 2.83. The van der Waals surface area contributed by atoms with Crippen molar-refractivity contribution in [2.45, 2.75) is 19.8 Å². The Hall–Kier alpha value is -3.81. The van der Waals surface area contributed by atoms with Crippen LogP contribution in [0.3, 0.4) is 0 Å². The number of allylic oxidation sites excluding steroid dienone is 1. The van der Waals surface area contributed by atoms with Crippen LogP contribution in [0.5, 0.6) is 17.2 Å². The SMILES string of the molecule is CCOC(=O)C1CCN(C(=O)COc2ccc3c(c2)OC(=Cc2cccc(OC)c2)C3=O)CC1. The number of methoxy groups -OCH3 is 1. The van der Waals surface area contributed by atoms with E-state index in [0.29, 0.717) is 55.4 Å². The van der Waals surface area contributed by atoms with Gasteiger partial charge in [0.1, 0.15) is 17.2 Å². The fourth-order valence-electron chi connectivity index (χ4n) is 4.00. The Morgan fingerprint density at radius 2 is 1.91 bits per heavy atom. The molecule has 1 fully saturated rings. The van der Waals surface area contributed by atoms with Crippen LogP contribution in [0.4, 0.5) is 0 Å². The zero-order valence-corrected chi connectivity index (χ0v) is 19.2. The third-order valence-corrected chi connectivity index (χ3v) is 5.86. The highest BCUT2D eigenvalue weighted by molar-refractivity contribution is 6.14. The number of ether oxygens (including phenoxy) is 4. The van der Waals surface area contributed by atoms with E-state index < -0.39 is 0 Å². The number of likely N-dealkylation sites (tertiary alicyclic amines) is 1. The molecule has 0 atom stereocenters. The second kappa shape index (κ2) is 10.4. The number of nitrogens with zero attached hydrogens (tertiary/aromatic N) is 1. The van der Waals surface area contributed by atoms with Crippen LogP contribution in [0.2, 0.25) is 0 Å². The second-order valence-corrected chi connectivity index (χ2v) is 8.07. The maximum absolute atomic E-state index is 12.7. The topological polar surface area (TPSA) is 91.4 Å². The van der Waals surface area contributed by atoms with Gasteiger partial charge in [-0.2, -0.15) is 0 Å². The van der Waals surface area contributed by atoms with Gasteiger partial charge in [0, 0.05) is 19.2 Å². The molecule has 0 spiro atoms. The Balaban J connectivity index is 1.34. The van der Waals surface area contributed by atoms with Gasteiger partial charge in [-0.1, -0.05) is 12.1 Å². The van der Waals surface area contributed by atoms with E-state index in [2.05, 4.69) is 0 Å². The van der Waals surface area contributed by atoms with E-state index in [0.717, 1.165) is 5.56 Å². The number of hydrogen-bond acceptors (Lipinski definition) is 7. The first-order chi connectivity index (χ1) is 16.5. The minimum atomic E-state index is -0.218. The third kappa shape index (κ3) is 5.22. The number of Topliss-reactive ketones (excluding diaryl/α,β-unsaturated/α-hetero) is 1. The fourth-order valence-corrected chi connectivity index (χ4v) is 4.00. The summed E-state index contributed by atoms with van der Waals surface area (Å²) >= 11 is 0. The number of amides is 1. The Labute approximate surface area is 198 Å². The number of ketones is 1. The van der Waals surface area contributed by atoms with E-state index in [1.165, 1.54) is 0 Å². The summed E-state index contributed by atoms with van der Waals surface area (Å²) in [6, 6.07) is 12.2. The van der Waals surface area contributed by atoms with E-state index in [1.54, 1.807) is 43.2 Å². The number of fused-ring (bicyclic) bond motifs is 1. The molecule has 8 heteroatoms. The molecule has 0 aromatic heterocycles. The van der Waals surface area contributed by atoms with Gasteiger partial charge in [-0.05, 0) is 55.7 Å². The van der Waals surface area contributed by atoms with Crippen molar-refractivity contribution in [3.8, 4) is 17.2 Å². The van der Waals surface area contributed by atoms with Crippen molar-refractivity contribution >= 4 is 23.7 Å².